The van der Waals surface area contributed by atoms with E-state index in [4.69, 9.17) is 0 Å². The summed E-state index contributed by atoms with van der Waals surface area (Å²) in [5, 5.41) is 9.99. The molecule has 2 N–H and O–H groups in total. The van der Waals surface area contributed by atoms with E-state index in [1.54, 1.807) is 6.20 Å². The van der Waals surface area contributed by atoms with Crippen LogP contribution in [0.15, 0.2) is 6.20 Å². The molecule has 2 heterocycles. The molecule has 1 amide bonds. The first-order chi connectivity index (χ1) is 9.91. The van der Waals surface area contributed by atoms with Crippen molar-refractivity contribution in [2.75, 3.05) is 19.6 Å². The second-order valence-electron chi connectivity index (χ2n) is 6.99. The van der Waals surface area contributed by atoms with E-state index in [1.807, 2.05) is 0 Å². The first-order valence-corrected chi connectivity index (χ1v) is 7.97. The van der Waals surface area contributed by atoms with Gasteiger partial charge in [-0.2, -0.15) is 5.10 Å². The number of hydrogen-bond acceptors (Lipinski definition) is 3. The van der Waals surface area contributed by atoms with E-state index >= 15 is 0 Å². The number of carbonyl (C=O) groups excluding carboxylic acids is 1. The fraction of sp³-hybridized carbons (Fsp3) is 0.750. The van der Waals surface area contributed by atoms with Gasteiger partial charge in [-0.05, 0) is 46.1 Å². The van der Waals surface area contributed by atoms with Crippen molar-refractivity contribution in [1.82, 2.24) is 20.4 Å². The van der Waals surface area contributed by atoms with Crippen LogP contribution in [0.5, 0.6) is 0 Å². The van der Waals surface area contributed by atoms with Gasteiger partial charge in [-0.3, -0.25) is 14.8 Å². The minimum atomic E-state index is 0.00130. The van der Waals surface area contributed by atoms with E-state index < -0.39 is 0 Å². The van der Waals surface area contributed by atoms with Crippen molar-refractivity contribution in [3.63, 3.8) is 0 Å². The van der Waals surface area contributed by atoms with Gasteiger partial charge < -0.3 is 5.32 Å². The summed E-state index contributed by atoms with van der Waals surface area (Å²) in [6.45, 7) is 11.8. The second-order valence-corrected chi connectivity index (χ2v) is 6.99. The minimum Gasteiger partial charge on any atom is -0.352 e. The number of amides is 1. The van der Waals surface area contributed by atoms with E-state index in [9.17, 15) is 4.79 Å². The number of aromatic amines is 1. The third-order valence-electron chi connectivity index (χ3n) is 4.25. The maximum Gasteiger partial charge on any atom is 0.254 e. The number of H-pyrrole nitrogens is 1. The van der Waals surface area contributed by atoms with Crippen molar-refractivity contribution in [1.29, 1.82) is 0 Å². The molecule has 0 bridgehead atoms. The van der Waals surface area contributed by atoms with E-state index in [1.165, 1.54) is 0 Å². The predicted octanol–water partition coefficient (Wildman–Crippen LogP) is 2.21. The zero-order chi connectivity index (χ0) is 15.5. The summed E-state index contributed by atoms with van der Waals surface area (Å²) in [7, 11) is 0. The van der Waals surface area contributed by atoms with E-state index in [2.05, 4.69) is 48.1 Å². The summed E-state index contributed by atoms with van der Waals surface area (Å²) in [6.07, 6.45) is 4.66. The Morgan fingerprint density at radius 1 is 1.52 bits per heavy atom. The lowest BCUT2D eigenvalue weighted by Gasteiger charge is -2.31. The molecule has 1 aromatic heterocycles. The molecule has 5 heteroatoms. The Morgan fingerprint density at radius 3 is 2.90 bits per heavy atom. The largest absolute Gasteiger partial charge is 0.352 e. The van der Waals surface area contributed by atoms with Crippen molar-refractivity contribution in [3.8, 4) is 0 Å². The van der Waals surface area contributed by atoms with Gasteiger partial charge in [0.25, 0.3) is 5.91 Å². The molecule has 5 nitrogen and oxygen atoms in total. The average molecular weight is 292 g/mol. The zero-order valence-electron chi connectivity index (χ0n) is 13.7. The highest BCUT2D eigenvalue weighted by Crippen LogP contribution is 2.23. The molecular formula is C16H28N4O. The number of nitrogens with one attached hydrogen (secondary N) is 2. The molecule has 0 spiro atoms. The molecule has 0 saturated carbocycles. The van der Waals surface area contributed by atoms with Crippen LogP contribution in [-0.2, 0) is 6.42 Å². The number of carbonyl (C=O) groups is 1. The van der Waals surface area contributed by atoms with Gasteiger partial charge in [-0.25, -0.2) is 0 Å². The molecule has 118 valence electrons. The Kier molecular flexibility index (Phi) is 5.04. The molecule has 0 aliphatic carbocycles. The molecule has 1 saturated heterocycles. The van der Waals surface area contributed by atoms with Crippen LogP contribution < -0.4 is 5.32 Å². The van der Waals surface area contributed by atoms with Crippen LogP contribution in [0.4, 0.5) is 0 Å². The van der Waals surface area contributed by atoms with Gasteiger partial charge >= 0.3 is 0 Å². The molecule has 1 aliphatic heterocycles. The molecule has 0 aromatic carbocycles. The highest BCUT2D eigenvalue weighted by molar-refractivity contribution is 5.95. The Bertz CT molecular complexity index is 475. The van der Waals surface area contributed by atoms with Gasteiger partial charge in [0.1, 0.15) is 0 Å². The lowest BCUT2D eigenvalue weighted by Crippen LogP contribution is -2.40. The summed E-state index contributed by atoms with van der Waals surface area (Å²) in [6, 6.07) is 0. The number of aryl methyl sites for hydroxylation is 1. The van der Waals surface area contributed by atoms with Gasteiger partial charge in [0.15, 0.2) is 0 Å². The Morgan fingerprint density at radius 2 is 2.29 bits per heavy atom. The Labute approximate surface area is 127 Å². The summed E-state index contributed by atoms with van der Waals surface area (Å²) in [5.41, 5.74) is 1.86. The summed E-state index contributed by atoms with van der Waals surface area (Å²) in [5.74, 6) is 0.552. The topological polar surface area (TPSA) is 61.0 Å². The third-order valence-corrected chi connectivity index (χ3v) is 4.25. The number of likely N-dealkylation sites (tertiary alicyclic amines) is 1. The molecular weight excluding hydrogens is 264 g/mol. The fourth-order valence-corrected chi connectivity index (χ4v) is 2.89. The lowest BCUT2D eigenvalue weighted by atomic mass is 10.1. The molecule has 2 rings (SSSR count). The molecule has 1 atom stereocenters. The van der Waals surface area contributed by atoms with Crippen molar-refractivity contribution in [3.05, 3.63) is 17.5 Å². The highest BCUT2D eigenvalue weighted by atomic mass is 16.1. The van der Waals surface area contributed by atoms with Gasteiger partial charge in [0.2, 0.25) is 0 Å². The molecule has 0 radical (unpaired) electrons. The molecule has 1 fully saturated rings. The van der Waals surface area contributed by atoms with Crippen LogP contribution in [0, 0.1) is 5.92 Å². The van der Waals surface area contributed by atoms with E-state index in [0.29, 0.717) is 11.5 Å². The number of rotatable bonds is 5. The van der Waals surface area contributed by atoms with Crippen LogP contribution >= 0.6 is 0 Å². The van der Waals surface area contributed by atoms with E-state index in [0.717, 1.165) is 44.6 Å². The van der Waals surface area contributed by atoms with Crippen LogP contribution in [0.1, 0.15) is 56.6 Å². The summed E-state index contributed by atoms with van der Waals surface area (Å²) >= 11 is 0. The quantitative estimate of drug-likeness (QED) is 0.874. The number of nitrogens with zero attached hydrogens (tertiary/aromatic N) is 2. The maximum atomic E-state index is 12.3. The van der Waals surface area contributed by atoms with Gasteiger partial charge in [0, 0.05) is 24.3 Å². The van der Waals surface area contributed by atoms with Crippen molar-refractivity contribution in [2.45, 2.75) is 52.5 Å². The van der Waals surface area contributed by atoms with Crippen LogP contribution in [0.25, 0.3) is 0 Å². The normalized spacial score (nSPS) is 19.9. The zero-order valence-corrected chi connectivity index (χ0v) is 13.7. The van der Waals surface area contributed by atoms with Crippen molar-refractivity contribution >= 4 is 5.91 Å². The predicted molar refractivity (Wildman–Crippen MR) is 84.3 cm³/mol. The summed E-state index contributed by atoms with van der Waals surface area (Å²) in [4.78, 5) is 14.7. The van der Waals surface area contributed by atoms with Crippen LogP contribution in [0.2, 0.25) is 0 Å². The monoisotopic (exact) mass is 292 g/mol. The Hall–Kier alpha value is -1.36. The minimum absolute atomic E-state index is 0.00130. The molecule has 21 heavy (non-hydrogen) atoms. The molecule has 1 unspecified atom stereocenters. The SMILES string of the molecule is CCCc1[nH]ncc1C(=O)NCC1CCN(C(C)(C)C)C1. The van der Waals surface area contributed by atoms with Gasteiger partial charge in [-0.15, -0.1) is 0 Å². The highest BCUT2D eigenvalue weighted by Gasteiger charge is 2.30. The first kappa shape index (κ1) is 16.0. The van der Waals surface area contributed by atoms with E-state index in [-0.39, 0.29) is 11.4 Å². The third kappa shape index (κ3) is 4.06. The number of hydrogen-bond donors (Lipinski definition) is 2. The van der Waals surface area contributed by atoms with Gasteiger partial charge in [-0.1, -0.05) is 13.3 Å². The average Bonchev–Trinajstić information content (AvgIpc) is 3.04. The lowest BCUT2D eigenvalue weighted by molar-refractivity contribution is 0.0945. The standard InChI is InChI=1S/C16H28N4O/c1-5-6-14-13(10-18-19-14)15(21)17-9-12-7-8-20(11-12)16(2,3)4/h10,12H,5-9,11H2,1-4H3,(H,17,21)(H,18,19). The fourth-order valence-electron chi connectivity index (χ4n) is 2.89. The van der Waals surface area contributed by atoms with Crippen LogP contribution in [-0.4, -0.2) is 46.2 Å². The van der Waals surface area contributed by atoms with Crippen molar-refractivity contribution in [2.24, 2.45) is 5.92 Å². The second kappa shape index (κ2) is 6.60. The smallest absolute Gasteiger partial charge is 0.254 e. The first-order valence-electron chi connectivity index (χ1n) is 7.97. The molecule has 1 aromatic rings. The molecule has 1 aliphatic rings. The Balaban J connectivity index is 1.84. The van der Waals surface area contributed by atoms with Crippen LogP contribution in [0.3, 0.4) is 0 Å². The number of aromatic nitrogens is 2. The van der Waals surface area contributed by atoms with Gasteiger partial charge in [0.05, 0.1) is 11.8 Å². The maximum absolute atomic E-state index is 12.3. The summed E-state index contributed by atoms with van der Waals surface area (Å²) < 4.78 is 0. The van der Waals surface area contributed by atoms with Crippen molar-refractivity contribution < 1.29 is 4.79 Å².